The number of hydrogen-bond acceptors (Lipinski definition) is 5. The number of fused-ring (bicyclic) bond motifs is 2. The summed E-state index contributed by atoms with van der Waals surface area (Å²) in [5, 5.41) is 1.82. The Hall–Kier alpha value is -3.00. The average Bonchev–Trinajstić information content (AvgIpc) is 3.27. The number of carbonyl (C=O) groups excluding carboxylic acids is 2. The number of H-pyrrole nitrogens is 1. The Morgan fingerprint density at radius 3 is 2.93 bits per heavy atom. The first-order valence-corrected chi connectivity index (χ1v) is 9.45. The molecule has 0 saturated heterocycles. The van der Waals surface area contributed by atoms with Crippen molar-refractivity contribution < 1.29 is 9.59 Å². The number of rotatable bonds is 3. The molecule has 0 radical (unpaired) electrons. The van der Waals surface area contributed by atoms with Gasteiger partial charge in [0.2, 0.25) is 5.91 Å². The molecule has 1 aliphatic heterocycles. The van der Waals surface area contributed by atoms with E-state index in [0.29, 0.717) is 28.1 Å². The molecule has 0 unspecified atom stereocenters. The molecule has 1 aromatic carbocycles. The van der Waals surface area contributed by atoms with Gasteiger partial charge in [-0.1, -0.05) is 0 Å². The molecule has 1 N–H and O–H groups in total. The van der Waals surface area contributed by atoms with Crippen molar-refractivity contribution in [3.8, 4) is 0 Å². The number of aromatic nitrogens is 2. The summed E-state index contributed by atoms with van der Waals surface area (Å²) in [6.07, 6.45) is 0.740. The Morgan fingerprint density at radius 2 is 2.15 bits per heavy atom. The Kier molecular flexibility index (Phi) is 4.27. The standard InChI is InChI=1S/C19H18N4O3S/c1-11(24)23-7-5-12-9-13(3-4-15(12)23)19(26)22(2)10-16-20-14-6-8-27-17(14)18(25)21-16/h3-4,6,8-9H,5,7,10H2,1-2H3,(H,20,21,25). The predicted octanol–water partition coefficient (Wildman–Crippen LogP) is 2.17. The second-order valence-electron chi connectivity index (χ2n) is 6.57. The molecular weight excluding hydrogens is 364 g/mol. The van der Waals surface area contributed by atoms with Gasteiger partial charge in [-0.15, -0.1) is 11.3 Å². The monoisotopic (exact) mass is 382 g/mol. The van der Waals surface area contributed by atoms with Gasteiger partial charge in [-0.3, -0.25) is 14.4 Å². The zero-order valence-corrected chi connectivity index (χ0v) is 15.8. The highest BCUT2D eigenvalue weighted by atomic mass is 32.1. The maximum atomic E-state index is 12.8. The van der Waals surface area contributed by atoms with Gasteiger partial charge in [-0.05, 0) is 41.6 Å². The van der Waals surface area contributed by atoms with Crippen LogP contribution >= 0.6 is 11.3 Å². The molecule has 0 bridgehead atoms. The van der Waals surface area contributed by atoms with Gasteiger partial charge in [-0.25, -0.2) is 4.98 Å². The molecule has 2 aromatic heterocycles. The van der Waals surface area contributed by atoms with Crippen molar-refractivity contribution in [1.82, 2.24) is 14.9 Å². The van der Waals surface area contributed by atoms with E-state index < -0.39 is 0 Å². The van der Waals surface area contributed by atoms with Crippen molar-refractivity contribution >= 4 is 39.1 Å². The Morgan fingerprint density at radius 1 is 1.33 bits per heavy atom. The van der Waals surface area contributed by atoms with Gasteiger partial charge >= 0.3 is 0 Å². The molecule has 7 nitrogen and oxygen atoms in total. The minimum Gasteiger partial charge on any atom is -0.334 e. The normalized spacial score (nSPS) is 13.0. The summed E-state index contributed by atoms with van der Waals surface area (Å²) in [6.45, 7) is 2.39. The molecule has 3 aromatic rings. The van der Waals surface area contributed by atoms with Crippen LogP contribution in [0.1, 0.15) is 28.7 Å². The third-order valence-corrected chi connectivity index (χ3v) is 5.60. The molecule has 4 rings (SSSR count). The number of thiophene rings is 1. The summed E-state index contributed by atoms with van der Waals surface area (Å²) in [5.41, 5.74) is 2.88. The zero-order valence-electron chi connectivity index (χ0n) is 15.0. The molecule has 1 aliphatic rings. The minimum absolute atomic E-state index is 0.00351. The number of nitrogens with one attached hydrogen (secondary N) is 1. The summed E-state index contributed by atoms with van der Waals surface area (Å²) >= 11 is 1.34. The van der Waals surface area contributed by atoms with Crippen molar-refractivity contribution in [3.63, 3.8) is 0 Å². The van der Waals surface area contributed by atoms with Crippen LogP contribution < -0.4 is 10.5 Å². The highest BCUT2D eigenvalue weighted by molar-refractivity contribution is 7.17. The first kappa shape index (κ1) is 17.4. The number of hydrogen-bond donors (Lipinski definition) is 1. The van der Waals surface area contributed by atoms with E-state index in [9.17, 15) is 14.4 Å². The van der Waals surface area contributed by atoms with Crippen LogP contribution in [0, 0.1) is 0 Å². The van der Waals surface area contributed by atoms with Gasteiger partial charge < -0.3 is 14.8 Å². The predicted molar refractivity (Wildman–Crippen MR) is 104 cm³/mol. The van der Waals surface area contributed by atoms with Crippen molar-refractivity contribution in [1.29, 1.82) is 0 Å². The van der Waals surface area contributed by atoms with Crippen LogP contribution in [0.3, 0.4) is 0 Å². The Balaban J connectivity index is 1.55. The summed E-state index contributed by atoms with van der Waals surface area (Å²) in [6, 6.07) is 7.19. The lowest BCUT2D eigenvalue weighted by molar-refractivity contribution is -0.116. The fourth-order valence-electron chi connectivity index (χ4n) is 3.38. The average molecular weight is 382 g/mol. The topological polar surface area (TPSA) is 86.4 Å². The maximum absolute atomic E-state index is 12.8. The SMILES string of the molecule is CC(=O)N1CCc2cc(C(=O)N(C)Cc3nc4ccsc4c(=O)[nH]3)ccc21. The van der Waals surface area contributed by atoms with Crippen molar-refractivity contribution in [2.45, 2.75) is 19.9 Å². The van der Waals surface area contributed by atoms with Gasteiger partial charge in [0.25, 0.3) is 11.5 Å². The second-order valence-corrected chi connectivity index (χ2v) is 7.49. The van der Waals surface area contributed by atoms with Crippen molar-refractivity contribution in [3.05, 3.63) is 57.0 Å². The molecule has 0 fully saturated rings. The first-order valence-electron chi connectivity index (χ1n) is 8.57. The molecule has 2 amide bonds. The summed E-state index contributed by atoms with van der Waals surface area (Å²) in [7, 11) is 1.68. The molecule has 0 atom stereocenters. The van der Waals surface area contributed by atoms with Gasteiger partial charge in [0.1, 0.15) is 10.5 Å². The van der Waals surface area contributed by atoms with Crippen LogP contribution in [0.2, 0.25) is 0 Å². The number of aromatic amines is 1. The summed E-state index contributed by atoms with van der Waals surface area (Å²) in [5.74, 6) is 0.293. The van der Waals surface area contributed by atoms with E-state index in [-0.39, 0.29) is 23.9 Å². The second kappa shape index (κ2) is 6.62. The third kappa shape index (κ3) is 3.12. The van der Waals surface area contributed by atoms with Crippen LogP contribution in [0.25, 0.3) is 10.2 Å². The number of nitrogens with zero attached hydrogens (tertiary/aromatic N) is 3. The van der Waals surface area contributed by atoms with Gasteiger partial charge in [0.05, 0.1) is 12.1 Å². The van der Waals surface area contributed by atoms with Crippen LogP contribution in [-0.4, -0.2) is 40.3 Å². The highest BCUT2D eigenvalue weighted by Gasteiger charge is 2.24. The van der Waals surface area contributed by atoms with Crippen LogP contribution in [0.4, 0.5) is 5.69 Å². The quantitative estimate of drug-likeness (QED) is 0.752. The van der Waals surface area contributed by atoms with E-state index in [1.165, 1.54) is 16.2 Å². The fraction of sp³-hybridized carbons (Fsp3) is 0.263. The summed E-state index contributed by atoms with van der Waals surface area (Å²) in [4.78, 5) is 46.9. The number of benzene rings is 1. The van der Waals surface area contributed by atoms with Crippen LogP contribution in [-0.2, 0) is 17.8 Å². The van der Waals surface area contributed by atoms with Crippen molar-refractivity contribution in [2.24, 2.45) is 0 Å². The number of carbonyl (C=O) groups is 2. The molecular formula is C19H18N4O3S. The number of amides is 2. The van der Waals surface area contributed by atoms with E-state index in [2.05, 4.69) is 9.97 Å². The molecule has 0 aliphatic carbocycles. The summed E-state index contributed by atoms with van der Waals surface area (Å²) < 4.78 is 0.585. The number of anilines is 1. The van der Waals surface area contributed by atoms with E-state index in [1.54, 1.807) is 31.0 Å². The lowest BCUT2D eigenvalue weighted by Crippen LogP contribution is -2.28. The zero-order chi connectivity index (χ0) is 19.1. The van der Waals surface area contributed by atoms with Crippen molar-refractivity contribution in [2.75, 3.05) is 18.5 Å². The lowest BCUT2D eigenvalue weighted by Gasteiger charge is -2.18. The minimum atomic E-state index is -0.187. The van der Waals surface area contributed by atoms with E-state index >= 15 is 0 Å². The highest BCUT2D eigenvalue weighted by Crippen LogP contribution is 2.29. The molecule has 0 spiro atoms. The third-order valence-electron chi connectivity index (χ3n) is 4.70. The molecule has 8 heteroatoms. The smallest absolute Gasteiger partial charge is 0.268 e. The molecule has 0 saturated carbocycles. The Bertz CT molecular complexity index is 1120. The molecule has 138 valence electrons. The van der Waals surface area contributed by atoms with Gasteiger partial charge in [-0.2, -0.15) is 0 Å². The Labute approximate surface area is 159 Å². The van der Waals surface area contributed by atoms with Crippen LogP contribution in [0.15, 0.2) is 34.4 Å². The fourth-order valence-corrected chi connectivity index (χ4v) is 4.10. The lowest BCUT2D eigenvalue weighted by atomic mass is 10.1. The van der Waals surface area contributed by atoms with Gasteiger partial charge in [0.15, 0.2) is 0 Å². The van der Waals surface area contributed by atoms with Gasteiger partial charge in [0, 0.05) is 31.8 Å². The first-order chi connectivity index (χ1) is 12.9. The van der Waals surface area contributed by atoms with E-state index in [1.807, 2.05) is 17.5 Å². The maximum Gasteiger partial charge on any atom is 0.268 e. The molecule has 27 heavy (non-hydrogen) atoms. The van der Waals surface area contributed by atoms with E-state index in [0.717, 1.165) is 17.7 Å². The van der Waals surface area contributed by atoms with Crippen LogP contribution in [0.5, 0.6) is 0 Å². The largest absolute Gasteiger partial charge is 0.334 e. The van der Waals surface area contributed by atoms with E-state index in [4.69, 9.17) is 0 Å². The molecule has 3 heterocycles.